The van der Waals surface area contributed by atoms with Crippen LogP contribution >= 0.6 is 0 Å². The highest BCUT2D eigenvalue weighted by atomic mass is 16.6. The lowest BCUT2D eigenvalue weighted by molar-refractivity contribution is -0.140. The van der Waals surface area contributed by atoms with Crippen LogP contribution in [0, 0.1) is 23.2 Å². The van der Waals surface area contributed by atoms with Gasteiger partial charge < -0.3 is 34.6 Å². The quantitative estimate of drug-likeness (QED) is 0.372. The van der Waals surface area contributed by atoms with Gasteiger partial charge in [-0.2, -0.15) is 5.26 Å². The highest BCUT2D eigenvalue weighted by Crippen LogP contribution is 2.33. The van der Waals surface area contributed by atoms with Gasteiger partial charge in [0.15, 0.2) is 0 Å². The molecule has 1 aromatic rings. The summed E-state index contributed by atoms with van der Waals surface area (Å²) in [7, 11) is -0.425. The Morgan fingerprint density at radius 3 is 2.37 bits per heavy atom. The van der Waals surface area contributed by atoms with Gasteiger partial charge in [0.1, 0.15) is 12.0 Å². The van der Waals surface area contributed by atoms with Crippen LogP contribution in [0.25, 0.3) is 0 Å². The van der Waals surface area contributed by atoms with Crippen molar-refractivity contribution >= 4 is 25.2 Å². The summed E-state index contributed by atoms with van der Waals surface area (Å²) in [6.45, 7) is 8.73. The minimum atomic E-state index is -1.78. The maximum absolute atomic E-state index is 13.6. The molecule has 0 saturated carbocycles. The number of piperidine rings is 1. The summed E-state index contributed by atoms with van der Waals surface area (Å²) >= 11 is 0. The molecule has 0 spiro atoms. The molecular formula is C28H42BN5O7. The summed E-state index contributed by atoms with van der Waals surface area (Å²) in [6, 6.07) is 11.4. The van der Waals surface area contributed by atoms with E-state index in [1.54, 1.807) is 9.80 Å². The van der Waals surface area contributed by atoms with Gasteiger partial charge in [0.05, 0.1) is 25.7 Å². The fraction of sp³-hybridized carbons (Fsp3) is 0.643. The first-order chi connectivity index (χ1) is 19.5. The number of rotatable bonds is 9. The number of benzene rings is 1. The molecule has 12 nitrogen and oxygen atoms in total. The highest BCUT2D eigenvalue weighted by molar-refractivity contribution is 6.43. The highest BCUT2D eigenvalue weighted by Gasteiger charge is 2.43. The summed E-state index contributed by atoms with van der Waals surface area (Å²) in [4.78, 5) is 43.5. The number of likely N-dealkylation sites (tertiary alicyclic amines) is 1. The summed E-state index contributed by atoms with van der Waals surface area (Å²) in [6.07, 6.45) is -0.394. The molecular weight excluding hydrogens is 529 g/mol. The molecule has 2 saturated heterocycles. The van der Waals surface area contributed by atoms with Crippen molar-refractivity contribution in [1.82, 2.24) is 20.0 Å². The molecule has 2 aliphatic heterocycles. The van der Waals surface area contributed by atoms with Gasteiger partial charge in [0.2, 0.25) is 5.91 Å². The number of nitrogens with one attached hydrogen (secondary N) is 1. The first kappa shape index (κ1) is 32.2. The molecule has 2 unspecified atom stereocenters. The van der Waals surface area contributed by atoms with Crippen molar-refractivity contribution in [2.24, 2.45) is 11.8 Å². The van der Waals surface area contributed by atoms with Gasteiger partial charge in [-0.1, -0.05) is 37.3 Å². The molecule has 1 aromatic carbocycles. The smallest absolute Gasteiger partial charge is 0.453 e. The van der Waals surface area contributed by atoms with Crippen LogP contribution in [0.4, 0.5) is 9.59 Å². The van der Waals surface area contributed by atoms with Crippen LogP contribution < -0.4 is 5.32 Å². The second-order valence-corrected chi connectivity index (χ2v) is 11.3. The number of amides is 3. The molecule has 0 aliphatic carbocycles. The first-order valence-corrected chi connectivity index (χ1v) is 14.1. The first-order valence-electron chi connectivity index (χ1n) is 14.1. The van der Waals surface area contributed by atoms with Crippen LogP contribution in [-0.4, -0.2) is 114 Å². The van der Waals surface area contributed by atoms with Gasteiger partial charge in [-0.15, -0.1) is 0 Å². The Hall–Kier alpha value is -3.34. The number of carbonyl (C=O) groups excluding carboxylic acids is 3. The Morgan fingerprint density at radius 2 is 1.78 bits per heavy atom. The lowest BCUT2D eigenvalue weighted by Gasteiger charge is -2.48. The zero-order valence-corrected chi connectivity index (χ0v) is 24.4. The maximum atomic E-state index is 13.6. The van der Waals surface area contributed by atoms with Crippen molar-refractivity contribution in [3.63, 3.8) is 0 Å². The van der Waals surface area contributed by atoms with Gasteiger partial charge in [0, 0.05) is 38.3 Å². The topological polar surface area (TPSA) is 156 Å². The van der Waals surface area contributed by atoms with E-state index >= 15 is 0 Å². The SMILES string of the molecule is COC(=O)N1CCN(C(C)(C)C(C)C(C#N)C(=O)N2CCC[C@H](OC(=O)N[C@@H](Cc3ccccc3)B(O)O)C2)CC1. The summed E-state index contributed by atoms with van der Waals surface area (Å²) < 4.78 is 10.4. The molecule has 0 radical (unpaired) electrons. The van der Waals surface area contributed by atoms with E-state index < -0.39 is 36.7 Å². The number of ether oxygens (including phenoxy) is 2. The molecule has 2 fully saturated rings. The van der Waals surface area contributed by atoms with Crippen molar-refractivity contribution < 1.29 is 33.9 Å². The number of nitrogens with zero attached hydrogens (tertiary/aromatic N) is 4. The molecule has 3 N–H and O–H groups in total. The third kappa shape index (κ3) is 8.34. The number of hydrogen-bond donors (Lipinski definition) is 3. The molecule has 3 rings (SSSR count). The van der Waals surface area contributed by atoms with Gasteiger partial charge in [-0.05, 0) is 44.6 Å². The molecule has 2 heterocycles. The van der Waals surface area contributed by atoms with E-state index in [9.17, 15) is 29.7 Å². The van der Waals surface area contributed by atoms with E-state index in [1.165, 1.54) is 7.11 Å². The summed E-state index contributed by atoms with van der Waals surface area (Å²) in [5.74, 6) is -2.50. The Labute approximate surface area is 242 Å². The Kier molecular flexibility index (Phi) is 11.4. The Bertz CT molecular complexity index is 1080. The lowest BCUT2D eigenvalue weighted by Crippen LogP contribution is -2.60. The van der Waals surface area contributed by atoms with Crippen molar-refractivity contribution in [2.75, 3.05) is 46.4 Å². The van der Waals surface area contributed by atoms with Crippen LogP contribution in [0.2, 0.25) is 0 Å². The van der Waals surface area contributed by atoms with Gasteiger partial charge in [0.25, 0.3) is 0 Å². The molecule has 13 heteroatoms. The monoisotopic (exact) mass is 571 g/mol. The molecule has 0 bridgehead atoms. The summed E-state index contributed by atoms with van der Waals surface area (Å²) in [5.41, 5.74) is 0.327. The molecule has 2 aliphatic rings. The summed E-state index contributed by atoms with van der Waals surface area (Å²) in [5, 5.41) is 32.1. The predicted molar refractivity (Wildman–Crippen MR) is 151 cm³/mol. The van der Waals surface area contributed by atoms with E-state index in [2.05, 4.69) is 16.3 Å². The van der Waals surface area contributed by atoms with E-state index in [-0.39, 0.29) is 30.9 Å². The fourth-order valence-electron chi connectivity index (χ4n) is 5.54. The Morgan fingerprint density at radius 1 is 1.12 bits per heavy atom. The maximum Gasteiger partial charge on any atom is 0.475 e. The standard InChI is InChI=1S/C28H42BN5O7/c1-20(28(2,3)34-15-13-32(14-16-34)27(37)40-4)23(18-30)25(35)33-12-8-11-22(19-33)41-26(36)31-24(29(38)39)17-21-9-6-5-7-10-21/h5-7,9-10,20,22-24,38-39H,8,11-17,19H2,1-4H3,(H,31,36)/t20?,22-,23?,24-/m0/s1. The van der Waals surface area contributed by atoms with Crippen LogP contribution in [0.15, 0.2) is 30.3 Å². The minimum Gasteiger partial charge on any atom is -0.453 e. The molecule has 224 valence electrons. The van der Waals surface area contributed by atoms with Crippen LogP contribution in [0.1, 0.15) is 39.2 Å². The second-order valence-electron chi connectivity index (χ2n) is 11.3. The predicted octanol–water partition coefficient (Wildman–Crippen LogP) is 1.27. The lowest BCUT2D eigenvalue weighted by atomic mass is 9.76. The normalized spacial score (nSPS) is 20.3. The van der Waals surface area contributed by atoms with Gasteiger partial charge >= 0.3 is 19.3 Å². The second kappa shape index (κ2) is 14.5. The number of methoxy groups -OCH3 is 1. The molecule has 41 heavy (non-hydrogen) atoms. The van der Waals surface area contributed by atoms with E-state index in [1.807, 2.05) is 51.1 Å². The van der Waals surface area contributed by atoms with Crippen molar-refractivity contribution in [1.29, 1.82) is 5.26 Å². The van der Waals surface area contributed by atoms with E-state index in [0.717, 1.165) is 5.56 Å². The van der Waals surface area contributed by atoms with Crippen LogP contribution in [0.5, 0.6) is 0 Å². The molecule has 3 amide bonds. The van der Waals surface area contributed by atoms with Crippen molar-refractivity contribution in [3.8, 4) is 6.07 Å². The molecule has 0 aromatic heterocycles. The zero-order valence-electron chi connectivity index (χ0n) is 24.4. The number of piperazine rings is 1. The average molecular weight is 571 g/mol. The van der Waals surface area contributed by atoms with E-state index in [4.69, 9.17) is 9.47 Å². The largest absolute Gasteiger partial charge is 0.475 e. The zero-order chi connectivity index (χ0) is 30.2. The van der Waals surface area contributed by atoms with Crippen LogP contribution in [-0.2, 0) is 20.7 Å². The Balaban J connectivity index is 1.57. The van der Waals surface area contributed by atoms with Gasteiger partial charge in [-0.3, -0.25) is 9.69 Å². The number of hydrogen-bond acceptors (Lipinski definition) is 9. The minimum absolute atomic E-state index is 0.153. The van der Waals surface area contributed by atoms with Crippen molar-refractivity contribution in [2.45, 2.75) is 57.6 Å². The number of carbonyl (C=O) groups is 3. The number of nitriles is 1. The van der Waals surface area contributed by atoms with Gasteiger partial charge in [-0.25, -0.2) is 9.59 Å². The third-order valence-electron chi connectivity index (χ3n) is 8.47. The number of alkyl carbamates (subject to hydrolysis) is 1. The third-order valence-corrected chi connectivity index (χ3v) is 8.47. The van der Waals surface area contributed by atoms with Crippen LogP contribution in [0.3, 0.4) is 0 Å². The fourth-order valence-corrected chi connectivity index (χ4v) is 5.54. The average Bonchev–Trinajstić information content (AvgIpc) is 2.97. The van der Waals surface area contributed by atoms with Crippen molar-refractivity contribution in [3.05, 3.63) is 35.9 Å². The van der Waals surface area contributed by atoms with E-state index in [0.29, 0.717) is 45.6 Å². The molecule has 4 atom stereocenters.